The highest BCUT2D eigenvalue weighted by atomic mass is 16.3. The van der Waals surface area contributed by atoms with Crippen LogP contribution in [0.1, 0.15) is 53.3 Å². The Morgan fingerprint density at radius 2 is 1.79 bits per heavy atom. The molecule has 0 saturated heterocycles. The Morgan fingerprint density at radius 3 is 2.26 bits per heavy atom. The van der Waals surface area contributed by atoms with E-state index in [9.17, 15) is 5.11 Å². The zero-order chi connectivity index (χ0) is 14.7. The molecule has 1 aromatic rings. The highest BCUT2D eigenvalue weighted by Gasteiger charge is 2.23. The fourth-order valence-electron chi connectivity index (χ4n) is 1.65. The Labute approximate surface area is 115 Å². The second-order valence-electron chi connectivity index (χ2n) is 6.04. The van der Waals surface area contributed by atoms with Crippen LogP contribution in [0, 0.1) is 0 Å². The van der Waals surface area contributed by atoms with E-state index in [-0.39, 0.29) is 5.41 Å². The molecule has 0 aliphatic rings. The minimum absolute atomic E-state index is 0.155. The summed E-state index contributed by atoms with van der Waals surface area (Å²) in [5.74, 6) is 1.81. The minimum Gasteiger partial charge on any atom is -0.388 e. The van der Waals surface area contributed by atoms with Crippen molar-refractivity contribution in [2.24, 2.45) is 0 Å². The van der Waals surface area contributed by atoms with E-state index in [1.807, 2.05) is 34.6 Å². The van der Waals surface area contributed by atoms with Crippen molar-refractivity contribution in [1.82, 2.24) is 9.97 Å². The van der Waals surface area contributed by atoms with Crippen LogP contribution in [0.25, 0.3) is 0 Å². The fraction of sp³-hybridized carbons (Fsp3) is 0.714. The highest BCUT2D eigenvalue weighted by molar-refractivity contribution is 5.45. The second-order valence-corrected chi connectivity index (χ2v) is 6.04. The highest BCUT2D eigenvalue weighted by Crippen LogP contribution is 2.22. The Bertz CT molecular complexity index is 422. The summed E-state index contributed by atoms with van der Waals surface area (Å²) >= 11 is 0. The molecule has 0 unspecified atom stereocenters. The van der Waals surface area contributed by atoms with Crippen molar-refractivity contribution in [2.75, 3.05) is 17.6 Å². The van der Waals surface area contributed by atoms with E-state index in [1.165, 1.54) is 0 Å². The first-order valence-electron chi connectivity index (χ1n) is 6.81. The molecule has 108 valence electrons. The van der Waals surface area contributed by atoms with Gasteiger partial charge in [0.2, 0.25) is 0 Å². The number of hydrogen-bond donors (Lipinski definition) is 3. The van der Waals surface area contributed by atoms with Crippen molar-refractivity contribution in [3.05, 3.63) is 11.9 Å². The number of nitrogen functional groups attached to an aromatic ring is 1. The monoisotopic (exact) mass is 266 g/mol. The molecule has 0 aliphatic carbocycles. The van der Waals surface area contributed by atoms with Crippen LogP contribution < -0.4 is 11.1 Å². The topological polar surface area (TPSA) is 84.1 Å². The van der Waals surface area contributed by atoms with Crippen LogP contribution in [0.5, 0.6) is 0 Å². The maximum Gasteiger partial charge on any atom is 0.138 e. The van der Waals surface area contributed by atoms with Gasteiger partial charge in [-0.15, -0.1) is 0 Å². The van der Waals surface area contributed by atoms with Crippen molar-refractivity contribution < 1.29 is 5.11 Å². The molecule has 5 heteroatoms. The van der Waals surface area contributed by atoms with Gasteiger partial charge in [-0.3, -0.25) is 0 Å². The summed E-state index contributed by atoms with van der Waals surface area (Å²) in [6, 6.07) is 1.70. The van der Waals surface area contributed by atoms with Crippen LogP contribution in [0.3, 0.4) is 0 Å². The van der Waals surface area contributed by atoms with E-state index in [2.05, 4.69) is 15.3 Å². The molecule has 5 nitrogen and oxygen atoms in total. The zero-order valence-corrected chi connectivity index (χ0v) is 12.6. The summed E-state index contributed by atoms with van der Waals surface area (Å²) in [7, 11) is 0. The van der Waals surface area contributed by atoms with Crippen LogP contribution in [0.4, 0.5) is 11.6 Å². The molecule has 1 aromatic heterocycles. The maximum atomic E-state index is 10.3. The van der Waals surface area contributed by atoms with Gasteiger partial charge >= 0.3 is 0 Å². The second kappa shape index (κ2) is 5.74. The van der Waals surface area contributed by atoms with Gasteiger partial charge in [0.25, 0.3) is 0 Å². The molecule has 0 bridgehead atoms. The van der Waals surface area contributed by atoms with Crippen molar-refractivity contribution in [3.63, 3.8) is 0 Å². The number of aromatic nitrogens is 2. The molecule has 4 N–H and O–H groups in total. The predicted octanol–water partition coefficient (Wildman–Crippen LogP) is 2.32. The standard InChI is InChI=1S/C14H26N4O/c1-6-14(19,7-2)9-16-11-8-10(15)17-12(18-11)13(3,4)5/h8,19H,6-7,9H2,1-5H3,(H3,15,16,17,18). The van der Waals surface area contributed by atoms with E-state index < -0.39 is 5.60 Å². The van der Waals surface area contributed by atoms with E-state index in [4.69, 9.17) is 5.73 Å². The van der Waals surface area contributed by atoms with Gasteiger partial charge in [0, 0.05) is 18.0 Å². The molecule has 1 rings (SSSR count). The summed E-state index contributed by atoms with van der Waals surface area (Å²) in [4.78, 5) is 8.72. The summed E-state index contributed by atoms with van der Waals surface area (Å²) in [5, 5.41) is 13.4. The first kappa shape index (κ1) is 15.7. The van der Waals surface area contributed by atoms with E-state index in [0.29, 0.717) is 36.8 Å². The molecule has 0 fully saturated rings. The molecule has 0 spiro atoms. The van der Waals surface area contributed by atoms with Crippen molar-refractivity contribution in [2.45, 2.75) is 58.5 Å². The van der Waals surface area contributed by atoms with Gasteiger partial charge in [0.15, 0.2) is 0 Å². The average molecular weight is 266 g/mol. The smallest absolute Gasteiger partial charge is 0.138 e. The van der Waals surface area contributed by atoms with Crippen LogP contribution in [0.15, 0.2) is 6.07 Å². The van der Waals surface area contributed by atoms with Gasteiger partial charge in [0.05, 0.1) is 5.60 Å². The quantitative estimate of drug-likeness (QED) is 0.761. The van der Waals surface area contributed by atoms with Gasteiger partial charge < -0.3 is 16.2 Å². The summed E-state index contributed by atoms with van der Waals surface area (Å²) < 4.78 is 0. The molecule has 0 aliphatic heterocycles. The summed E-state index contributed by atoms with van der Waals surface area (Å²) in [6.45, 7) is 10.5. The maximum absolute atomic E-state index is 10.3. The third-order valence-electron chi connectivity index (χ3n) is 3.33. The largest absolute Gasteiger partial charge is 0.388 e. The van der Waals surface area contributed by atoms with E-state index >= 15 is 0 Å². The number of anilines is 2. The van der Waals surface area contributed by atoms with Crippen molar-refractivity contribution in [1.29, 1.82) is 0 Å². The normalized spacial score (nSPS) is 12.5. The lowest BCUT2D eigenvalue weighted by Crippen LogP contribution is -2.35. The summed E-state index contributed by atoms with van der Waals surface area (Å²) in [5.41, 5.74) is 4.94. The Kier molecular flexibility index (Phi) is 4.74. The van der Waals surface area contributed by atoms with Gasteiger partial charge in [-0.05, 0) is 12.8 Å². The lowest BCUT2D eigenvalue weighted by Gasteiger charge is -2.26. The number of rotatable bonds is 5. The molecule has 0 radical (unpaired) electrons. The molecule has 0 atom stereocenters. The molecular formula is C14H26N4O. The zero-order valence-electron chi connectivity index (χ0n) is 12.6. The number of nitrogens with two attached hydrogens (primary N) is 1. The number of nitrogens with one attached hydrogen (secondary N) is 1. The lowest BCUT2D eigenvalue weighted by molar-refractivity contribution is 0.0456. The molecular weight excluding hydrogens is 240 g/mol. The SMILES string of the molecule is CCC(O)(CC)CNc1cc(N)nc(C(C)(C)C)n1. The molecule has 0 saturated carbocycles. The lowest BCUT2D eigenvalue weighted by atomic mass is 9.95. The van der Waals surface area contributed by atoms with Gasteiger partial charge in [-0.25, -0.2) is 9.97 Å². The Balaban J connectivity index is 2.88. The molecule has 1 heterocycles. The van der Waals surface area contributed by atoms with E-state index in [1.54, 1.807) is 6.07 Å². The van der Waals surface area contributed by atoms with Gasteiger partial charge in [0.1, 0.15) is 17.5 Å². The first-order chi connectivity index (χ1) is 8.70. The minimum atomic E-state index is -0.707. The van der Waals surface area contributed by atoms with Gasteiger partial charge in [-0.2, -0.15) is 0 Å². The first-order valence-corrected chi connectivity index (χ1v) is 6.81. The van der Waals surface area contributed by atoms with Crippen LogP contribution in [0.2, 0.25) is 0 Å². The molecule has 0 aromatic carbocycles. The van der Waals surface area contributed by atoms with E-state index in [0.717, 1.165) is 0 Å². The predicted molar refractivity (Wildman–Crippen MR) is 79.2 cm³/mol. The fourth-order valence-corrected chi connectivity index (χ4v) is 1.65. The van der Waals surface area contributed by atoms with Crippen molar-refractivity contribution >= 4 is 11.6 Å². The Morgan fingerprint density at radius 1 is 1.21 bits per heavy atom. The third kappa shape index (κ3) is 4.35. The number of hydrogen-bond acceptors (Lipinski definition) is 5. The number of aliphatic hydroxyl groups is 1. The van der Waals surface area contributed by atoms with Crippen LogP contribution in [-0.2, 0) is 5.41 Å². The van der Waals surface area contributed by atoms with Crippen LogP contribution in [-0.4, -0.2) is 27.2 Å². The number of nitrogens with zero attached hydrogens (tertiary/aromatic N) is 2. The van der Waals surface area contributed by atoms with Crippen molar-refractivity contribution in [3.8, 4) is 0 Å². The van der Waals surface area contributed by atoms with Crippen LogP contribution >= 0.6 is 0 Å². The third-order valence-corrected chi connectivity index (χ3v) is 3.33. The molecule has 0 amide bonds. The summed E-state index contributed by atoms with van der Waals surface area (Å²) in [6.07, 6.45) is 1.40. The Hall–Kier alpha value is -1.36. The van der Waals surface area contributed by atoms with Gasteiger partial charge in [-0.1, -0.05) is 34.6 Å². The molecule has 19 heavy (non-hydrogen) atoms. The average Bonchev–Trinajstić information content (AvgIpc) is 2.34.